The predicted octanol–water partition coefficient (Wildman–Crippen LogP) is 0.845. The van der Waals surface area contributed by atoms with Crippen molar-refractivity contribution in [1.82, 2.24) is 20.2 Å². The van der Waals surface area contributed by atoms with Gasteiger partial charge in [0.05, 0.1) is 11.3 Å². The fraction of sp³-hybridized carbons (Fsp3) is 0.364. The second-order valence-corrected chi connectivity index (χ2v) is 4.42. The average Bonchev–Trinajstić information content (AvgIpc) is 2.75. The highest BCUT2D eigenvalue weighted by Crippen LogP contribution is 2.11. The maximum atomic E-state index is 9.64. The van der Waals surface area contributed by atoms with Crippen molar-refractivity contribution in [1.29, 1.82) is 0 Å². The summed E-state index contributed by atoms with van der Waals surface area (Å²) in [5.41, 5.74) is 0.0590. The van der Waals surface area contributed by atoms with E-state index in [1.807, 2.05) is 30.3 Å². The molecule has 6 heteroatoms. The molecule has 1 aromatic heterocycles. The van der Waals surface area contributed by atoms with Gasteiger partial charge < -0.3 is 10.4 Å². The van der Waals surface area contributed by atoms with Crippen molar-refractivity contribution in [2.45, 2.75) is 19.4 Å². The molecule has 2 N–H and O–H groups in total. The molecule has 0 aliphatic carbocycles. The molecule has 0 fully saturated rings. The lowest BCUT2D eigenvalue weighted by molar-refractivity contribution is 0.0943. The van der Waals surface area contributed by atoms with E-state index in [1.165, 1.54) is 0 Å². The first-order valence-electron chi connectivity index (χ1n) is 5.36. The second-order valence-electron chi connectivity index (χ2n) is 4.42. The molecule has 0 aliphatic rings. The van der Waals surface area contributed by atoms with E-state index in [4.69, 9.17) is 0 Å². The van der Waals surface area contributed by atoms with Gasteiger partial charge in [-0.05, 0) is 36.4 Å². The lowest BCUT2D eigenvalue weighted by Gasteiger charge is -2.17. The molecular formula is C11H15N5O. The van der Waals surface area contributed by atoms with Crippen molar-refractivity contribution < 1.29 is 5.11 Å². The smallest absolute Gasteiger partial charge is 0.247 e. The summed E-state index contributed by atoms with van der Waals surface area (Å²) in [4.78, 5) is 0. The quantitative estimate of drug-likeness (QED) is 0.818. The molecule has 0 aliphatic heterocycles. The number of hydrogen-bond acceptors (Lipinski definition) is 5. The third-order valence-corrected chi connectivity index (χ3v) is 2.15. The highest BCUT2D eigenvalue weighted by atomic mass is 16.3. The minimum atomic E-state index is -0.812. The van der Waals surface area contributed by atoms with Crippen LogP contribution in [0.15, 0.2) is 30.3 Å². The van der Waals surface area contributed by atoms with Gasteiger partial charge in [0.1, 0.15) is 0 Å². The summed E-state index contributed by atoms with van der Waals surface area (Å²) < 4.78 is 1.59. The molecule has 17 heavy (non-hydrogen) atoms. The maximum absolute atomic E-state index is 9.64. The summed E-state index contributed by atoms with van der Waals surface area (Å²) in [6.07, 6.45) is 0. The zero-order chi connectivity index (χ0) is 12.3. The molecule has 1 heterocycles. The number of nitrogens with zero attached hydrogens (tertiary/aromatic N) is 4. The van der Waals surface area contributed by atoms with Crippen LogP contribution in [-0.2, 0) is 0 Å². The van der Waals surface area contributed by atoms with Crippen molar-refractivity contribution >= 4 is 5.95 Å². The first kappa shape index (κ1) is 11.5. The molecule has 90 valence electrons. The van der Waals surface area contributed by atoms with Gasteiger partial charge in [-0.15, -0.1) is 0 Å². The Morgan fingerprint density at radius 2 is 2.00 bits per heavy atom. The molecule has 6 nitrogen and oxygen atoms in total. The number of benzene rings is 1. The standard InChI is InChI=1S/C11H15N5O/c1-11(2,17)8-12-10-13-14-15-16(10)9-6-4-3-5-7-9/h3-7,17H,8H2,1-2H3,(H,12,13,15). The molecule has 0 atom stereocenters. The highest BCUT2D eigenvalue weighted by molar-refractivity contribution is 5.38. The van der Waals surface area contributed by atoms with E-state index < -0.39 is 5.60 Å². The topological polar surface area (TPSA) is 75.9 Å². The molecule has 2 aromatic rings. The van der Waals surface area contributed by atoms with Gasteiger partial charge in [0.15, 0.2) is 0 Å². The molecule has 0 saturated carbocycles. The molecule has 0 bridgehead atoms. The number of nitrogens with one attached hydrogen (secondary N) is 1. The Bertz CT molecular complexity index is 474. The van der Waals surface area contributed by atoms with Crippen molar-refractivity contribution in [2.24, 2.45) is 0 Å². The first-order valence-corrected chi connectivity index (χ1v) is 5.36. The Labute approximate surface area is 99.3 Å². The van der Waals surface area contributed by atoms with Gasteiger partial charge in [0.2, 0.25) is 5.95 Å². The molecule has 0 amide bonds. The Kier molecular flexibility index (Phi) is 3.06. The van der Waals surface area contributed by atoms with Gasteiger partial charge in [-0.2, -0.15) is 4.68 Å². The molecule has 0 spiro atoms. The lowest BCUT2D eigenvalue weighted by Crippen LogP contribution is -2.30. The van der Waals surface area contributed by atoms with E-state index in [0.717, 1.165) is 5.69 Å². The average molecular weight is 233 g/mol. The van der Waals surface area contributed by atoms with Gasteiger partial charge in [0, 0.05) is 6.54 Å². The van der Waals surface area contributed by atoms with Crippen LogP contribution >= 0.6 is 0 Å². The fourth-order valence-electron chi connectivity index (χ4n) is 1.34. The van der Waals surface area contributed by atoms with Crippen LogP contribution in [0.25, 0.3) is 5.69 Å². The van der Waals surface area contributed by atoms with E-state index in [9.17, 15) is 5.11 Å². The number of hydrogen-bond donors (Lipinski definition) is 2. The maximum Gasteiger partial charge on any atom is 0.247 e. The van der Waals surface area contributed by atoms with E-state index in [2.05, 4.69) is 20.8 Å². The first-order chi connectivity index (χ1) is 8.06. The van der Waals surface area contributed by atoms with Crippen LogP contribution in [0.5, 0.6) is 0 Å². The van der Waals surface area contributed by atoms with E-state index in [0.29, 0.717) is 12.5 Å². The van der Waals surface area contributed by atoms with Crippen LogP contribution in [-0.4, -0.2) is 37.5 Å². The number of para-hydroxylation sites is 1. The van der Waals surface area contributed by atoms with Crippen LogP contribution in [0.1, 0.15) is 13.8 Å². The van der Waals surface area contributed by atoms with Crippen molar-refractivity contribution in [3.05, 3.63) is 30.3 Å². The van der Waals surface area contributed by atoms with Crippen molar-refractivity contribution in [2.75, 3.05) is 11.9 Å². The van der Waals surface area contributed by atoms with Gasteiger partial charge >= 0.3 is 0 Å². The summed E-state index contributed by atoms with van der Waals surface area (Å²) in [7, 11) is 0. The lowest BCUT2D eigenvalue weighted by atomic mass is 10.1. The zero-order valence-corrected chi connectivity index (χ0v) is 9.83. The van der Waals surface area contributed by atoms with Crippen LogP contribution in [0.4, 0.5) is 5.95 Å². The summed E-state index contributed by atoms with van der Waals surface area (Å²) in [5.74, 6) is 0.512. The molecule has 0 unspecified atom stereocenters. The Balaban J connectivity index is 2.18. The molecule has 0 radical (unpaired) electrons. The van der Waals surface area contributed by atoms with E-state index in [-0.39, 0.29) is 0 Å². The Hall–Kier alpha value is -1.95. The number of anilines is 1. The van der Waals surface area contributed by atoms with Crippen molar-refractivity contribution in [3.63, 3.8) is 0 Å². The zero-order valence-electron chi connectivity index (χ0n) is 9.83. The van der Waals surface area contributed by atoms with Crippen molar-refractivity contribution in [3.8, 4) is 5.69 Å². The summed E-state index contributed by atoms with van der Waals surface area (Å²) in [5, 5.41) is 24.0. The molecule has 0 saturated heterocycles. The van der Waals surface area contributed by atoms with Gasteiger partial charge in [-0.1, -0.05) is 23.3 Å². The highest BCUT2D eigenvalue weighted by Gasteiger charge is 2.14. The minimum Gasteiger partial charge on any atom is -0.389 e. The minimum absolute atomic E-state index is 0.375. The predicted molar refractivity (Wildman–Crippen MR) is 63.9 cm³/mol. The third-order valence-electron chi connectivity index (χ3n) is 2.15. The van der Waals surface area contributed by atoms with Crippen LogP contribution in [0.3, 0.4) is 0 Å². The van der Waals surface area contributed by atoms with Gasteiger partial charge in [-0.3, -0.25) is 0 Å². The molecular weight excluding hydrogens is 218 g/mol. The van der Waals surface area contributed by atoms with Gasteiger partial charge in [0.25, 0.3) is 0 Å². The fourth-order valence-corrected chi connectivity index (χ4v) is 1.34. The largest absolute Gasteiger partial charge is 0.389 e. The Morgan fingerprint density at radius 1 is 1.29 bits per heavy atom. The summed E-state index contributed by atoms with van der Waals surface area (Å²) in [6, 6.07) is 9.57. The SMILES string of the molecule is CC(C)(O)CNc1nnnn1-c1ccccc1. The van der Waals surface area contributed by atoms with Gasteiger partial charge in [-0.25, -0.2) is 0 Å². The second kappa shape index (κ2) is 4.50. The normalized spacial score (nSPS) is 11.5. The van der Waals surface area contributed by atoms with E-state index in [1.54, 1.807) is 18.5 Å². The third kappa shape index (κ3) is 3.01. The molecule has 1 aromatic carbocycles. The van der Waals surface area contributed by atoms with Crippen LogP contribution in [0, 0.1) is 0 Å². The number of aromatic nitrogens is 4. The summed E-state index contributed by atoms with van der Waals surface area (Å²) in [6.45, 7) is 3.81. The van der Waals surface area contributed by atoms with Crippen LogP contribution < -0.4 is 5.32 Å². The number of aliphatic hydroxyl groups is 1. The number of tetrazole rings is 1. The summed E-state index contributed by atoms with van der Waals surface area (Å²) >= 11 is 0. The van der Waals surface area contributed by atoms with Crippen LogP contribution in [0.2, 0.25) is 0 Å². The monoisotopic (exact) mass is 233 g/mol. The Morgan fingerprint density at radius 3 is 2.65 bits per heavy atom. The number of rotatable bonds is 4. The molecule has 2 rings (SSSR count). The van der Waals surface area contributed by atoms with E-state index >= 15 is 0 Å².